The zero-order chi connectivity index (χ0) is 25.8. The van der Waals surface area contributed by atoms with E-state index in [0.717, 1.165) is 48.5 Å². The predicted molar refractivity (Wildman–Crippen MR) is 140 cm³/mol. The van der Waals surface area contributed by atoms with Gasteiger partial charge in [-0.15, -0.1) is 0 Å². The average molecular weight is 515 g/mol. The molecule has 2 aromatic carbocycles. The number of hydrogen-bond acceptors (Lipinski definition) is 6. The molecule has 1 amide bonds. The molecule has 0 bridgehead atoms. The van der Waals surface area contributed by atoms with Crippen molar-refractivity contribution in [1.29, 1.82) is 0 Å². The number of rotatable bonds is 7. The highest BCUT2D eigenvalue weighted by atomic mass is 32.2. The van der Waals surface area contributed by atoms with Crippen LogP contribution in [0.4, 0.5) is 11.4 Å². The normalized spacial score (nSPS) is 15.7. The highest BCUT2D eigenvalue weighted by Gasteiger charge is 2.27. The molecule has 1 fully saturated rings. The van der Waals surface area contributed by atoms with Gasteiger partial charge in [-0.1, -0.05) is 63.1 Å². The number of non-ortho nitro benzene ring substituents is 1. The van der Waals surface area contributed by atoms with Gasteiger partial charge in [0.15, 0.2) is 0 Å². The molecule has 0 heterocycles. The van der Waals surface area contributed by atoms with Gasteiger partial charge in [0.2, 0.25) is 0 Å². The van der Waals surface area contributed by atoms with E-state index in [2.05, 4.69) is 10.5 Å². The summed E-state index contributed by atoms with van der Waals surface area (Å²) in [7, 11) is -4.10. The minimum absolute atomic E-state index is 0.0155. The van der Waals surface area contributed by atoms with Crippen LogP contribution in [0.25, 0.3) is 0 Å². The fourth-order valence-corrected chi connectivity index (χ4v) is 5.66. The Balaban J connectivity index is 1.77. The second-order valence-corrected chi connectivity index (χ2v) is 10.9. The maximum atomic E-state index is 13.4. The smallest absolute Gasteiger partial charge is 0.269 e. The molecule has 1 N–H and O–H groups in total. The molecule has 1 saturated carbocycles. The number of nitrogens with zero attached hydrogens (tertiary/aromatic N) is 3. The third-order valence-corrected chi connectivity index (χ3v) is 8.02. The number of nitrogens with one attached hydrogen (secondary N) is 1. The molecular formula is C26H34N4O5S. The molecule has 0 atom stereocenters. The highest BCUT2D eigenvalue weighted by molar-refractivity contribution is 7.92. The lowest BCUT2D eigenvalue weighted by Crippen LogP contribution is -2.39. The third kappa shape index (κ3) is 8.15. The molecule has 1 aliphatic carbocycles. The molecule has 0 aliphatic heterocycles. The Morgan fingerprint density at radius 3 is 1.92 bits per heavy atom. The number of carbonyl (C=O) groups is 1. The van der Waals surface area contributed by atoms with E-state index in [1.807, 2.05) is 0 Å². The molecule has 10 heteroatoms. The van der Waals surface area contributed by atoms with Gasteiger partial charge in [0.05, 0.1) is 15.5 Å². The molecule has 9 nitrogen and oxygen atoms in total. The van der Waals surface area contributed by atoms with E-state index in [-0.39, 0.29) is 16.3 Å². The van der Waals surface area contributed by atoms with E-state index in [4.69, 9.17) is 0 Å². The SMILES string of the molecule is O=C(CN(c1ccc([N+](=O)[O-])cc1)S(=O)(=O)c1ccccc1)NN=C1CCCCCCCCCCC1. The van der Waals surface area contributed by atoms with E-state index in [1.54, 1.807) is 18.2 Å². The van der Waals surface area contributed by atoms with Crippen LogP contribution in [0.3, 0.4) is 0 Å². The number of benzene rings is 2. The van der Waals surface area contributed by atoms with Crippen molar-refractivity contribution in [3.05, 3.63) is 64.7 Å². The number of carbonyl (C=O) groups excluding carboxylic acids is 1. The first-order valence-electron chi connectivity index (χ1n) is 12.5. The summed E-state index contributed by atoms with van der Waals surface area (Å²) in [6.07, 6.45) is 12.2. The van der Waals surface area contributed by atoms with Crippen LogP contribution >= 0.6 is 0 Å². The van der Waals surface area contributed by atoms with Crippen LogP contribution in [0.5, 0.6) is 0 Å². The van der Waals surface area contributed by atoms with Gasteiger partial charge in [0.1, 0.15) is 6.54 Å². The Hall–Kier alpha value is -3.27. The van der Waals surface area contributed by atoms with E-state index in [9.17, 15) is 23.3 Å². The van der Waals surface area contributed by atoms with Gasteiger partial charge in [-0.05, 0) is 49.9 Å². The lowest BCUT2D eigenvalue weighted by molar-refractivity contribution is -0.384. The van der Waals surface area contributed by atoms with Crippen LogP contribution in [-0.4, -0.2) is 31.5 Å². The van der Waals surface area contributed by atoms with Gasteiger partial charge in [-0.25, -0.2) is 13.8 Å². The summed E-state index contributed by atoms with van der Waals surface area (Å²) in [5.41, 5.74) is 3.46. The fourth-order valence-electron chi connectivity index (χ4n) is 4.21. The Kier molecular flexibility index (Phi) is 10.4. The van der Waals surface area contributed by atoms with E-state index in [1.165, 1.54) is 68.5 Å². The molecule has 36 heavy (non-hydrogen) atoms. The van der Waals surface area contributed by atoms with Crippen molar-refractivity contribution in [3.63, 3.8) is 0 Å². The molecule has 0 saturated heterocycles. The largest absolute Gasteiger partial charge is 0.271 e. The van der Waals surface area contributed by atoms with Crippen molar-refractivity contribution in [2.24, 2.45) is 5.10 Å². The summed E-state index contributed by atoms with van der Waals surface area (Å²) < 4.78 is 27.7. The molecule has 1 aliphatic rings. The Labute approximate surface area is 212 Å². The number of sulfonamides is 1. The third-order valence-electron chi connectivity index (χ3n) is 6.24. The second-order valence-electron chi connectivity index (χ2n) is 8.99. The number of hydrazone groups is 1. The van der Waals surface area contributed by atoms with E-state index < -0.39 is 27.4 Å². The summed E-state index contributed by atoms with van der Waals surface area (Å²) in [4.78, 5) is 23.3. The number of nitro groups is 1. The molecular weight excluding hydrogens is 480 g/mol. The minimum atomic E-state index is -4.10. The number of amides is 1. The molecule has 3 rings (SSSR count). The molecule has 0 aromatic heterocycles. The Bertz CT molecular complexity index is 1120. The fraction of sp³-hybridized carbons (Fsp3) is 0.462. The van der Waals surface area contributed by atoms with Gasteiger partial charge in [-0.2, -0.15) is 5.10 Å². The summed E-state index contributed by atoms with van der Waals surface area (Å²) in [5, 5.41) is 15.4. The summed E-state index contributed by atoms with van der Waals surface area (Å²) >= 11 is 0. The maximum absolute atomic E-state index is 13.4. The first-order valence-corrected chi connectivity index (χ1v) is 14.0. The Morgan fingerprint density at radius 2 is 1.39 bits per heavy atom. The van der Waals surface area contributed by atoms with Gasteiger partial charge < -0.3 is 0 Å². The van der Waals surface area contributed by atoms with Crippen molar-refractivity contribution >= 4 is 33.0 Å². The number of hydrogen-bond donors (Lipinski definition) is 1. The molecule has 194 valence electrons. The lowest BCUT2D eigenvalue weighted by atomic mass is 10.00. The number of nitro benzene ring substituents is 1. The number of anilines is 1. The van der Waals surface area contributed by atoms with Gasteiger partial charge in [-0.3, -0.25) is 19.2 Å². The highest BCUT2D eigenvalue weighted by Crippen LogP contribution is 2.25. The van der Waals surface area contributed by atoms with Gasteiger partial charge >= 0.3 is 0 Å². The molecule has 0 unspecified atom stereocenters. The zero-order valence-corrected chi connectivity index (χ0v) is 21.3. The van der Waals surface area contributed by atoms with Crippen LogP contribution in [0.15, 0.2) is 64.6 Å². The van der Waals surface area contributed by atoms with Crippen LogP contribution in [0.2, 0.25) is 0 Å². The van der Waals surface area contributed by atoms with Crippen LogP contribution < -0.4 is 9.73 Å². The first kappa shape index (κ1) is 27.3. The topological polar surface area (TPSA) is 122 Å². The van der Waals surface area contributed by atoms with Crippen molar-refractivity contribution < 1.29 is 18.1 Å². The Morgan fingerprint density at radius 1 is 0.861 bits per heavy atom. The van der Waals surface area contributed by atoms with Crippen molar-refractivity contribution in [3.8, 4) is 0 Å². The molecule has 2 aromatic rings. The van der Waals surface area contributed by atoms with Crippen molar-refractivity contribution in [2.45, 2.75) is 75.5 Å². The van der Waals surface area contributed by atoms with Crippen molar-refractivity contribution in [1.82, 2.24) is 5.43 Å². The van der Waals surface area contributed by atoms with Crippen LogP contribution in [-0.2, 0) is 14.8 Å². The molecule has 0 radical (unpaired) electrons. The van der Waals surface area contributed by atoms with Gasteiger partial charge in [0.25, 0.3) is 21.6 Å². The van der Waals surface area contributed by atoms with Gasteiger partial charge in [0, 0.05) is 17.8 Å². The van der Waals surface area contributed by atoms with Crippen molar-refractivity contribution in [2.75, 3.05) is 10.8 Å². The monoisotopic (exact) mass is 514 g/mol. The van der Waals surface area contributed by atoms with E-state index >= 15 is 0 Å². The van der Waals surface area contributed by atoms with Crippen LogP contribution in [0.1, 0.15) is 70.6 Å². The maximum Gasteiger partial charge on any atom is 0.269 e. The average Bonchev–Trinajstić information content (AvgIpc) is 2.87. The second kappa shape index (κ2) is 13.7. The lowest BCUT2D eigenvalue weighted by Gasteiger charge is -2.23. The summed E-state index contributed by atoms with van der Waals surface area (Å²) in [6, 6.07) is 12.8. The quantitative estimate of drug-likeness (QED) is 0.382. The minimum Gasteiger partial charge on any atom is -0.271 e. The van der Waals surface area contributed by atoms with Crippen LogP contribution in [0, 0.1) is 10.1 Å². The molecule has 0 spiro atoms. The standard InChI is InChI=1S/C26H34N4O5S/c31-26(28-27-22-13-9-6-4-2-1-3-5-7-10-14-22)21-29(23-17-19-24(20-18-23)30(32)33)36(34,35)25-15-11-8-12-16-25/h8,11-12,15-20H,1-7,9-10,13-14,21H2,(H,28,31). The first-order chi connectivity index (χ1) is 17.4. The predicted octanol–water partition coefficient (Wildman–Crippen LogP) is 5.57. The summed E-state index contributed by atoms with van der Waals surface area (Å²) in [6.45, 7) is -0.508. The van der Waals surface area contributed by atoms with E-state index in [0.29, 0.717) is 0 Å². The summed E-state index contributed by atoms with van der Waals surface area (Å²) in [5.74, 6) is -0.577. The zero-order valence-electron chi connectivity index (χ0n) is 20.5.